The third-order valence-corrected chi connectivity index (χ3v) is 3.07. The van der Waals surface area contributed by atoms with Crippen LogP contribution in [0.15, 0.2) is 12.3 Å². The number of hydrogen-bond donors (Lipinski definition) is 1. The van der Waals surface area contributed by atoms with Crippen LogP contribution in [0.25, 0.3) is 0 Å². The van der Waals surface area contributed by atoms with Crippen LogP contribution >= 0.6 is 0 Å². The second kappa shape index (κ2) is 4.08. The van der Waals surface area contributed by atoms with Crippen LogP contribution in [0.5, 0.6) is 0 Å². The molecule has 0 aromatic carbocycles. The first-order valence-corrected chi connectivity index (χ1v) is 5.35. The van der Waals surface area contributed by atoms with Crippen molar-refractivity contribution in [2.75, 3.05) is 18.0 Å². The van der Waals surface area contributed by atoms with Crippen LogP contribution in [-0.2, 0) is 4.79 Å². The minimum absolute atomic E-state index is 0.210. The second-order valence-corrected chi connectivity index (χ2v) is 4.29. The van der Waals surface area contributed by atoms with Crippen LogP contribution < -0.4 is 4.90 Å². The first-order valence-electron chi connectivity index (χ1n) is 5.35. The molecule has 1 saturated heterocycles. The monoisotopic (exact) mass is 221 g/mol. The molecule has 2 rings (SSSR count). The SMILES string of the molecule is Cc1ccnc(N2CC(C(C)C(=O)O)C2)n1. The summed E-state index contributed by atoms with van der Waals surface area (Å²) in [4.78, 5) is 21.3. The third kappa shape index (κ3) is 1.98. The predicted octanol–water partition coefficient (Wildman–Crippen LogP) is 0.942. The molecule has 5 nitrogen and oxygen atoms in total. The van der Waals surface area contributed by atoms with E-state index in [-0.39, 0.29) is 11.8 Å². The Morgan fingerprint density at radius 1 is 1.62 bits per heavy atom. The number of aromatic nitrogens is 2. The maximum Gasteiger partial charge on any atom is 0.306 e. The molecular formula is C11H15N3O2. The predicted molar refractivity (Wildman–Crippen MR) is 59.3 cm³/mol. The Morgan fingerprint density at radius 2 is 2.31 bits per heavy atom. The highest BCUT2D eigenvalue weighted by atomic mass is 16.4. The van der Waals surface area contributed by atoms with Crippen molar-refractivity contribution in [3.05, 3.63) is 18.0 Å². The molecule has 0 amide bonds. The van der Waals surface area contributed by atoms with E-state index < -0.39 is 5.97 Å². The largest absolute Gasteiger partial charge is 0.481 e. The number of anilines is 1. The maximum atomic E-state index is 10.8. The van der Waals surface area contributed by atoms with Gasteiger partial charge >= 0.3 is 5.97 Å². The van der Waals surface area contributed by atoms with E-state index in [4.69, 9.17) is 5.11 Å². The van der Waals surface area contributed by atoms with E-state index in [1.807, 2.05) is 17.9 Å². The Kier molecular flexibility index (Phi) is 2.77. The van der Waals surface area contributed by atoms with Gasteiger partial charge in [-0.25, -0.2) is 9.97 Å². The molecular weight excluding hydrogens is 206 g/mol. The molecule has 0 spiro atoms. The van der Waals surface area contributed by atoms with E-state index in [0.29, 0.717) is 5.95 Å². The fourth-order valence-corrected chi connectivity index (χ4v) is 1.78. The summed E-state index contributed by atoms with van der Waals surface area (Å²) in [5, 5.41) is 8.87. The molecule has 86 valence electrons. The number of carboxylic acids is 1. The summed E-state index contributed by atoms with van der Waals surface area (Å²) in [6, 6.07) is 1.85. The molecule has 1 aromatic heterocycles. The molecule has 1 aromatic rings. The zero-order chi connectivity index (χ0) is 11.7. The minimum atomic E-state index is -0.727. The lowest BCUT2D eigenvalue weighted by atomic mass is 9.87. The standard InChI is InChI=1S/C11H15N3O2/c1-7-3-4-12-11(13-7)14-5-9(6-14)8(2)10(15)16/h3-4,8-9H,5-6H2,1-2H3,(H,15,16). The molecule has 1 fully saturated rings. The Morgan fingerprint density at radius 3 is 2.88 bits per heavy atom. The summed E-state index contributed by atoms with van der Waals surface area (Å²) < 4.78 is 0. The van der Waals surface area contributed by atoms with Gasteiger partial charge in [-0.3, -0.25) is 4.79 Å². The lowest BCUT2D eigenvalue weighted by Gasteiger charge is -2.41. The molecule has 0 saturated carbocycles. The molecule has 0 bridgehead atoms. The highest BCUT2D eigenvalue weighted by Gasteiger charge is 2.35. The number of carbonyl (C=O) groups is 1. The number of aliphatic carboxylic acids is 1. The second-order valence-electron chi connectivity index (χ2n) is 4.29. The van der Waals surface area contributed by atoms with E-state index in [0.717, 1.165) is 18.8 Å². The van der Waals surface area contributed by atoms with E-state index in [1.54, 1.807) is 13.1 Å². The van der Waals surface area contributed by atoms with E-state index in [2.05, 4.69) is 9.97 Å². The highest BCUT2D eigenvalue weighted by Crippen LogP contribution is 2.26. The van der Waals surface area contributed by atoms with Crippen molar-refractivity contribution < 1.29 is 9.90 Å². The Hall–Kier alpha value is -1.65. The van der Waals surface area contributed by atoms with Crippen molar-refractivity contribution in [2.45, 2.75) is 13.8 Å². The van der Waals surface area contributed by atoms with Gasteiger partial charge in [0, 0.05) is 30.9 Å². The number of hydrogen-bond acceptors (Lipinski definition) is 4. The molecule has 1 unspecified atom stereocenters. The van der Waals surface area contributed by atoms with Gasteiger partial charge in [-0.1, -0.05) is 6.92 Å². The molecule has 1 atom stereocenters. The van der Waals surface area contributed by atoms with Crippen molar-refractivity contribution >= 4 is 11.9 Å². The number of nitrogens with zero attached hydrogens (tertiary/aromatic N) is 3. The molecule has 1 N–H and O–H groups in total. The average Bonchev–Trinajstić information content (AvgIpc) is 2.15. The van der Waals surface area contributed by atoms with Gasteiger partial charge in [-0.2, -0.15) is 0 Å². The van der Waals surface area contributed by atoms with Crippen molar-refractivity contribution in [3.63, 3.8) is 0 Å². The van der Waals surface area contributed by atoms with Crippen molar-refractivity contribution in [1.29, 1.82) is 0 Å². The molecule has 16 heavy (non-hydrogen) atoms. The molecule has 0 aliphatic carbocycles. The Balaban J connectivity index is 1.96. The van der Waals surface area contributed by atoms with Crippen LogP contribution in [0.4, 0.5) is 5.95 Å². The van der Waals surface area contributed by atoms with Gasteiger partial charge in [0.05, 0.1) is 5.92 Å². The zero-order valence-electron chi connectivity index (χ0n) is 9.42. The smallest absolute Gasteiger partial charge is 0.306 e. The van der Waals surface area contributed by atoms with Crippen LogP contribution in [0.1, 0.15) is 12.6 Å². The normalized spacial score (nSPS) is 18.0. The summed E-state index contributed by atoms with van der Waals surface area (Å²) in [7, 11) is 0. The summed E-state index contributed by atoms with van der Waals surface area (Å²) in [6.45, 7) is 5.14. The van der Waals surface area contributed by atoms with Gasteiger partial charge in [0.1, 0.15) is 0 Å². The molecule has 5 heteroatoms. The quantitative estimate of drug-likeness (QED) is 0.822. The van der Waals surface area contributed by atoms with Gasteiger partial charge in [0.25, 0.3) is 0 Å². The third-order valence-electron chi connectivity index (χ3n) is 3.07. The van der Waals surface area contributed by atoms with Gasteiger partial charge in [-0.05, 0) is 13.0 Å². The van der Waals surface area contributed by atoms with Gasteiger partial charge in [-0.15, -0.1) is 0 Å². The Labute approximate surface area is 94.1 Å². The number of aryl methyl sites for hydroxylation is 1. The Bertz CT molecular complexity index is 402. The fraction of sp³-hybridized carbons (Fsp3) is 0.545. The van der Waals surface area contributed by atoms with Crippen LogP contribution in [-0.4, -0.2) is 34.1 Å². The van der Waals surface area contributed by atoms with Crippen molar-refractivity contribution in [1.82, 2.24) is 9.97 Å². The maximum absolute atomic E-state index is 10.8. The van der Waals surface area contributed by atoms with Crippen molar-refractivity contribution in [3.8, 4) is 0 Å². The van der Waals surface area contributed by atoms with Crippen LogP contribution in [0, 0.1) is 18.8 Å². The molecule has 1 aliphatic rings. The summed E-state index contributed by atoms with van der Waals surface area (Å²) in [5.41, 5.74) is 0.930. The minimum Gasteiger partial charge on any atom is -0.481 e. The number of carboxylic acid groups (broad SMARTS) is 1. The van der Waals surface area contributed by atoms with Crippen LogP contribution in [0.2, 0.25) is 0 Å². The summed E-state index contributed by atoms with van der Waals surface area (Å²) in [5.74, 6) is -0.105. The fourth-order valence-electron chi connectivity index (χ4n) is 1.78. The van der Waals surface area contributed by atoms with Gasteiger partial charge in [0.2, 0.25) is 5.95 Å². The molecule has 0 radical (unpaired) electrons. The lowest BCUT2D eigenvalue weighted by Crippen LogP contribution is -2.51. The topological polar surface area (TPSA) is 66.3 Å². The molecule has 2 heterocycles. The van der Waals surface area contributed by atoms with Crippen molar-refractivity contribution in [2.24, 2.45) is 11.8 Å². The van der Waals surface area contributed by atoms with Crippen LogP contribution in [0.3, 0.4) is 0 Å². The first-order chi connectivity index (χ1) is 7.58. The number of rotatable bonds is 3. The van der Waals surface area contributed by atoms with E-state index >= 15 is 0 Å². The average molecular weight is 221 g/mol. The van der Waals surface area contributed by atoms with Gasteiger partial charge in [0.15, 0.2) is 0 Å². The lowest BCUT2D eigenvalue weighted by molar-refractivity contribution is -0.143. The first kappa shape index (κ1) is 10.9. The zero-order valence-corrected chi connectivity index (χ0v) is 9.42. The summed E-state index contributed by atoms with van der Waals surface area (Å²) in [6.07, 6.45) is 1.73. The van der Waals surface area contributed by atoms with E-state index in [9.17, 15) is 4.79 Å². The molecule has 1 aliphatic heterocycles. The van der Waals surface area contributed by atoms with Gasteiger partial charge < -0.3 is 10.0 Å². The summed E-state index contributed by atoms with van der Waals surface area (Å²) >= 11 is 0. The highest BCUT2D eigenvalue weighted by molar-refractivity contribution is 5.70. The van der Waals surface area contributed by atoms with E-state index in [1.165, 1.54) is 0 Å².